The Morgan fingerprint density at radius 1 is 0.971 bits per heavy atom. The quantitative estimate of drug-likeness (QED) is 0.153. The number of hydrazine groups is 1. The molecule has 8 heteroatoms. The van der Waals surface area contributed by atoms with Gasteiger partial charge in [-0.3, -0.25) is 15.2 Å². The highest BCUT2D eigenvalue weighted by atomic mass is 16.4. The number of carboxylic acids is 1. The number of benzene rings is 2. The van der Waals surface area contributed by atoms with Gasteiger partial charge in [-0.1, -0.05) is 24.0 Å². The number of nitrogens with zero attached hydrogens (tertiary/aromatic N) is 2. The van der Waals surface area contributed by atoms with Gasteiger partial charge < -0.3 is 10.4 Å². The lowest BCUT2D eigenvalue weighted by molar-refractivity contribution is -0.141. The first-order chi connectivity index (χ1) is 16.8. The number of carbonyl (C=O) groups excluding carboxylic acids is 1. The first-order valence-corrected chi connectivity index (χ1v) is 10.8. The predicted octanol–water partition coefficient (Wildman–Crippen LogP) is 3.58. The Kier molecular flexibility index (Phi) is 6.44. The second-order valence-corrected chi connectivity index (χ2v) is 8.38. The van der Waals surface area contributed by atoms with E-state index in [1.807, 2.05) is 36.4 Å². The molecule has 0 aliphatic rings. The number of hydrogen-bond acceptors (Lipinski definition) is 6. The third kappa shape index (κ3) is 5.27. The van der Waals surface area contributed by atoms with Crippen molar-refractivity contribution in [3.05, 3.63) is 89.7 Å². The lowest BCUT2D eigenvalue weighted by Crippen LogP contribution is -2.39. The van der Waals surface area contributed by atoms with E-state index < -0.39 is 17.4 Å². The topological polar surface area (TPSA) is 130 Å². The molecule has 0 aliphatic heterocycles. The molecule has 5 N–H and O–H groups in total. The number of pyridine rings is 2. The highest BCUT2D eigenvalue weighted by Crippen LogP contribution is 2.24. The molecular weight excluding hydrogens is 442 g/mol. The molecule has 4 aromatic rings. The predicted molar refractivity (Wildman–Crippen MR) is 134 cm³/mol. The standard InChI is InChI=1S/C27H23N5O3/c1-27(2,26(34)35)31-20-11-7-18(8-12-20)4-3-17-5-9-19(10-6-17)24-15-21(25(33)32-28)22-16-29-14-13-23(22)30-24/h5-16,31H,28H2,1-2H3,(H,32,33)(H,34,35). The van der Waals surface area contributed by atoms with Crippen molar-refractivity contribution in [3.8, 4) is 23.1 Å². The van der Waals surface area contributed by atoms with Crippen molar-refractivity contribution in [3.63, 3.8) is 0 Å². The third-order valence-electron chi connectivity index (χ3n) is 5.39. The molecule has 8 nitrogen and oxygen atoms in total. The van der Waals surface area contributed by atoms with Gasteiger partial charge in [-0.05, 0) is 62.4 Å². The van der Waals surface area contributed by atoms with E-state index in [1.165, 1.54) is 0 Å². The summed E-state index contributed by atoms with van der Waals surface area (Å²) in [6.07, 6.45) is 3.21. The van der Waals surface area contributed by atoms with Gasteiger partial charge in [-0.2, -0.15) is 0 Å². The second kappa shape index (κ2) is 9.63. The van der Waals surface area contributed by atoms with Crippen LogP contribution in [0.4, 0.5) is 5.69 Å². The average molecular weight is 466 g/mol. The highest BCUT2D eigenvalue weighted by Gasteiger charge is 2.26. The lowest BCUT2D eigenvalue weighted by atomic mass is 10.0. The molecule has 2 aromatic carbocycles. The molecule has 4 rings (SSSR count). The third-order valence-corrected chi connectivity index (χ3v) is 5.39. The molecule has 1 amide bonds. The number of hydrogen-bond donors (Lipinski definition) is 4. The molecule has 0 unspecified atom stereocenters. The maximum absolute atomic E-state index is 12.3. The molecule has 0 fully saturated rings. The number of aliphatic carboxylic acids is 1. The molecule has 0 radical (unpaired) electrons. The summed E-state index contributed by atoms with van der Waals surface area (Å²) < 4.78 is 0. The molecule has 0 saturated heterocycles. The zero-order valence-corrected chi connectivity index (χ0v) is 19.2. The smallest absolute Gasteiger partial charge is 0.328 e. The molecule has 0 atom stereocenters. The summed E-state index contributed by atoms with van der Waals surface area (Å²) in [4.78, 5) is 32.3. The number of aromatic nitrogens is 2. The van der Waals surface area contributed by atoms with Gasteiger partial charge >= 0.3 is 5.97 Å². The average Bonchev–Trinajstić information content (AvgIpc) is 2.87. The minimum absolute atomic E-state index is 0.397. The molecule has 35 heavy (non-hydrogen) atoms. The number of carboxylic acid groups (broad SMARTS) is 1. The SMILES string of the molecule is CC(C)(Nc1ccc(C#Cc2ccc(-c3cc(C(=O)NN)c4cnccc4n3)cc2)cc1)C(=O)O. The highest BCUT2D eigenvalue weighted by molar-refractivity contribution is 6.06. The molecule has 2 heterocycles. The zero-order chi connectivity index (χ0) is 25.0. The first-order valence-electron chi connectivity index (χ1n) is 10.8. The zero-order valence-electron chi connectivity index (χ0n) is 19.2. The van der Waals surface area contributed by atoms with E-state index in [4.69, 9.17) is 5.84 Å². The summed E-state index contributed by atoms with van der Waals surface area (Å²) in [6, 6.07) is 18.3. The fourth-order valence-electron chi connectivity index (χ4n) is 3.40. The summed E-state index contributed by atoms with van der Waals surface area (Å²) >= 11 is 0. The van der Waals surface area contributed by atoms with Crippen LogP contribution in [0.15, 0.2) is 73.1 Å². The van der Waals surface area contributed by atoms with Crippen LogP contribution in [0.1, 0.15) is 35.3 Å². The van der Waals surface area contributed by atoms with E-state index in [9.17, 15) is 14.7 Å². The van der Waals surface area contributed by atoms with E-state index in [1.54, 1.807) is 50.5 Å². The first kappa shape index (κ1) is 23.4. The Labute approximate surface area is 202 Å². The minimum Gasteiger partial charge on any atom is -0.480 e. The van der Waals surface area contributed by atoms with Gasteiger partial charge in [-0.15, -0.1) is 0 Å². The summed E-state index contributed by atoms with van der Waals surface area (Å²) in [5, 5.41) is 12.8. The van der Waals surface area contributed by atoms with Gasteiger partial charge in [0, 0.05) is 40.2 Å². The maximum Gasteiger partial charge on any atom is 0.328 e. The number of rotatable bonds is 5. The van der Waals surface area contributed by atoms with Crippen molar-refractivity contribution in [2.24, 2.45) is 5.84 Å². The Morgan fingerprint density at radius 3 is 2.20 bits per heavy atom. The number of anilines is 1. The fourth-order valence-corrected chi connectivity index (χ4v) is 3.40. The number of fused-ring (bicyclic) bond motifs is 1. The van der Waals surface area contributed by atoms with Gasteiger partial charge in [-0.25, -0.2) is 15.6 Å². The van der Waals surface area contributed by atoms with E-state index >= 15 is 0 Å². The fraction of sp³-hybridized carbons (Fsp3) is 0.111. The Bertz CT molecular complexity index is 1470. The van der Waals surface area contributed by atoms with Crippen molar-refractivity contribution in [1.29, 1.82) is 0 Å². The van der Waals surface area contributed by atoms with Crippen LogP contribution in [-0.4, -0.2) is 32.5 Å². The molecule has 2 aromatic heterocycles. The normalized spacial score (nSPS) is 10.8. The summed E-state index contributed by atoms with van der Waals surface area (Å²) in [5.74, 6) is 10.2. The largest absolute Gasteiger partial charge is 0.480 e. The van der Waals surface area contributed by atoms with Gasteiger partial charge in [0.2, 0.25) is 0 Å². The van der Waals surface area contributed by atoms with Gasteiger partial charge in [0.1, 0.15) is 5.54 Å². The van der Waals surface area contributed by atoms with Crippen LogP contribution >= 0.6 is 0 Å². The van der Waals surface area contributed by atoms with Crippen LogP contribution in [0.25, 0.3) is 22.2 Å². The van der Waals surface area contributed by atoms with Crippen LogP contribution in [0, 0.1) is 11.8 Å². The molecule has 0 saturated carbocycles. The van der Waals surface area contributed by atoms with E-state index in [0.717, 1.165) is 16.7 Å². The molecule has 0 spiro atoms. The van der Waals surface area contributed by atoms with Crippen LogP contribution in [0.5, 0.6) is 0 Å². The monoisotopic (exact) mass is 465 g/mol. The Balaban J connectivity index is 1.55. The van der Waals surface area contributed by atoms with Crippen molar-refractivity contribution in [1.82, 2.24) is 15.4 Å². The van der Waals surface area contributed by atoms with Gasteiger partial charge in [0.05, 0.1) is 16.8 Å². The van der Waals surface area contributed by atoms with E-state index in [-0.39, 0.29) is 0 Å². The van der Waals surface area contributed by atoms with Crippen LogP contribution < -0.4 is 16.6 Å². The van der Waals surface area contributed by atoms with E-state index in [0.29, 0.717) is 27.8 Å². The molecule has 174 valence electrons. The number of amides is 1. The van der Waals surface area contributed by atoms with Crippen LogP contribution in [0.2, 0.25) is 0 Å². The Morgan fingerprint density at radius 2 is 1.60 bits per heavy atom. The van der Waals surface area contributed by atoms with Crippen LogP contribution in [0.3, 0.4) is 0 Å². The minimum atomic E-state index is -1.07. The van der Waals surface area contributed by atoms with Gasteiger partial charge in [0.25, 0.3) is 5.91 Å². The summed E-state index contributed by atoms with van der Waals surface area (Å²) in [5.41, 5.74) is 5.92. The number of nitrogens with one attached hydrogen (secondary N) is 2. The van der Waals surface area contributed by atoms with E-state index in [2.05, 4.69) is 32.6 Å². The number of carbonyl (C=O) groups is 2. The number of nitrogens with two attached hydrogens (primary N) is 1. The lowest BCUT2D eigenvalue weighted by Gasteiger charge is -2.22. The summed E-state index contributed by atoms with van der Waals surface area (Å²) in [7, 11) is 0. The second-order valence-electron chi connectivity index (χ2n) is 8.38. The maximum atomic E-state index is 12.3. The van der Waals surface area contributed by atoms with Crippen molar-refractivity contribution in [2.45, 2.75) is 19.4 Å². The van der Waals surface area contributed by atoms with Crippen LogP contribution in [-0.2, 0) is 4.79 Å². The number of nitrogen functional groups attached to an aromatic ring is 1. The van der Waals surface area contributed by atoms with Gasteiger partial charge in [0.15, 0.2) is 0 Å². The van der Waals surface area contributed by atoms with Crippen molar-refractivity contribution >= 4 is 28.5 Å². The van der Waals surface area contributed by atoms with Crippen molar-refractivity contribution in [2.75, 3.05) is 5.32 Å². The molecule has 0 bridgehead atoms. The van der Waals surface area contributed by atoms with Crippen molar-refractivity contribution < 1.29 is 14.7 Å². The Hall–Kier alpha value is -4.74. The molecule has 0 aliphatic carbocycles. The summed E-state index contributed by atoms with van der Waals surface area (Å²) in [6.45, 7) is 3.20. The molecular formula is C27H23N5O3.